The van der Waals surface area contributed by atoms with Crippen LogP contribution in [0, 0.1) is 0 Å². The molecule has 0 aromatic carbocycles. The average Bonchev–Trinajstić information content (AvgIpc) is 2.01. The van der Waals surface area contributed by atoms with Gasteiger partial charge in [-0.2, -0.15) is 0 Å². The number of rotatable bonds is 6. The molecule has 0 aliphatic carbocycles. The first-order chi connectivity index (χ1) is 5.31. The molecule has 0 amide bonds. The minimum atomic E-state index is -0.394. The van der Waals surface area contributed by atoms with Gasteiger partial charge in [0.1, 0.15) is 13.2 Å². The number of hydrogen-bond acceptors (Lipinski definition) is 3. The van der Waals surface area contributed by atoms with E-state index < -0.39 is 5.97 Å². The van der Waals surface area contributed by atoms with E-state index in [0.29, 0.717) is 12.5 Å². The van der Waals surface area contributed by atoms with Gasteiger partial charge in [-0.15, -0.1) is 11.6 Å². The number of esters is 1. The van der Waals surface area contributed by atoms with E-state index in [1.165, 1.54) is 6.08 Å². The zero-order valence-electron chi connectivity index (χ0n) is 6.22. The molecular weight excluding hydrogens is 168 g/mol. The topological polar surface area (TPSA) is 35.5 Å². The quantitative estimate of drug-likeness (QED) is 0.263. The molecule has 11 heavy (non-hydrogen) atoms. The molecule has 0 saturated heterocycles. The zero-order chi connectivity index (χ0) is 8.53. The molecule has 4 heteroatoms. The second-order valence-corrected chi connectivity index (χ2v) is 2.09. The summed E-state index contributed by atoms with van der Waals surface area (Å²) >= 11 is 5.30. The Bertz CT molecular complexity index is 125. The van der Waals surface area contributed by atoms with Crippen molar-refractivity contribution >= 4 is 17.6 Å². The van der Waals surface area contributed by atoms with Gasteiger partial charge < -0.3 is 9.47 Å². The van der Waals surface area contributed by atoms with E-state index in [1.807, 2.05) is 0 Å². The number of carbonyl (C=O) groups is 1. The van der Waals surface area contributed by atoms with E-state index in [9.17, 15) is 4.79 Å². The van der Waals surface area contributed by atoms with Gasteiger partial charge in [0.05, 0.1) is 6.61 Å². The highest BCUT2D eigenvalue weighted by atomic mass is 35.5. The van der Waals surface area contributed by atoms with Gasteiger partial charge in [0.25, 0.3) is 0 Å². The number of hydrogen-bond donors (Lipinski definition) is 0. The Morgan fingerprint density at radius 3 is 2.91 bits per heavy atom. The Hall–Kier alpha value is -0.540. The fourth-order valence-corrected chi connectivity index (χ4v) is 0.513. The van der Waals surface area contributed by atoms with Crippen LogP contribution < -0.4 is 0 Å². The molecule has 3 nitrogen and oxygen atoms in total. The van der Waals surface area contributed by atoms with Crippen molar-refractivity contribution in [2.24, 2.45) is 0 Å². The predicted octanol–water partition coefficient (Wildman–Crippen LogP) is 0.971. The molecule has 0 fully saturated rings. The third-order valence-electron chi connectivity index (χ3n) is 0.804. The Morgan fingerprint density at radius 2 is 2.36 bits per heavy atom. The summed E-state index contributed by atoms with van der Waals surface area (Å²) in [5.74, 6) is -0.00983. The van der Waals surface area contributed by atoms with Crippen molar-refractivity contribution in [3.8, 4) is 0 Å². The van der Waals surface area contributed by atoms with Gasteiger partial charge in [0.15, 0.2) is 0 Å². The minimum absolute atomic E-state index is 0.0411. The lowest BCUT2D eigenvalue weighted by Gasteiger charge is -2.01. The maximum atomic E-state index is 10.6. The lowest BCUT2D eigenvalue weighted by Crippen LogP contribution is -2.13. The Morgan fingerprint density at radius 1 is 1.64 bits per heavy atom. The summed E-state index contributed by atoms with van der Waals surface area (Å²) < 4.78 is 9.41. The zero-order valence-corrected chi connectivity index (χ0v) is 6.97. The van der Waals surface area contributed by atoms with E-state index in [0.717, 1.165) is 0 Å². The fraction of sp³-hybridized carbons (Fsp3) is 0.571. The van der Waals surface area contributed by atoms with Gasteiger partial charge in [0.2, 0.25) is 0 Å². The minimum Gasteiger partial charge on any atom is -0.460 e. The molecule has 0 spiro atoms. The second-order valence-electron chi connectivity index (χ2n) is 1.71. The van der Waals surface area contributed by atoms with Crippen molar-refractivity contribution in [1.82, 2.24) is 0 Å². The smallest absolute Gasteiger partial charge is 0.332 e. The van der Waals surface area contributed by atoms with E-state index >= 15 is 0 Å². The summed E-state index contributed by atoms with van der Waals surface area (Å²) in [5, 5.41) is 0. The molecule has 0 aliphatic heterocycles. The number of carbonyl (C=O) groups excluding carboxylic acids is 1. The highest BCUT2D eigenvalue weighted by molar-refractivity contribution is 6.17. The number of alkyl halides is 1. The third-order valence-corrected chi connectivity index (χ3v) is 0.958. The molecule has 64 valence electrons. The molecule has 0 aliphatic rings. The molecule has 0 aromatic heterocycles. The average molecular weight is 179 g/mol. The normalized spacial score (nSPS) is 9.18. The van der Waals surface area contributed by atoms with Gasteiger partial charge in [-0.05, 0) is 0 Å². The second kappa shape index (κ2) is 7.57. The largest absolute Gasteiger partial charge is 0.460 e. The van der Waals surface area contributed by atoms with Crippen LogP contribution in [0.25, 0.3) is 0 Å². The summed E-state index contributed by atoms with van der Waals surface area (Å²) in [6.45, 7) is 3.94. The van der Waals surface area contributed by atoms with Gasteiger partial charge in [-0.3, -0.25) is 0 Å². The standard InChI is InChI=1S/C7H11ClO3/c1-2-4-11-7(9)6-10-5-3-8/h2H,1,3-6H2. The Kier molecular flexibility index (Phi) is 7.19. The maximum absolute atomic E-state index is 10.6. The van der Waals surface area contributed by atoms with E-state index in [4.69, 9.17) is 16.3 Å². The first-order valence-corrected chi connectivity index (χ1v) is 3.75. The van der Waals surface area contributed by atoms with E-state index in [1.54, 1.807) is 0 Å². The van der Waals surface area contributed by atoms with Crippen molar-refractivity contribution < 1.29 is 14.3 Å². The van der Waals surface area contributed by atoms with Crippen molar-refractivity contribution in [3.05, 3.63) is 12.7 Å². The maximum Gasteiger partial charge on any atom is 0.332 e. The van der Waals surface area contributed by atoms with Crippen LogP contribution in [0.5, 0.6) is 0 Å². The third kappa shape index (κ3) is 7.36. The molecule has 0 heterocycles. The van der Waals surface area contributed by atoms with Gasteiger partial charge in [-0.1, -0.05) is 12.7 Å². The van der Waals surface area contributed by atoms with Crippen LogP contribution in [0.3, 0.4) is 0 Å². The summed E-state index contributed by atoms with van der Waals surface area (Å²) in [7, 11) is 0. The molecule has 0 atom stereocenters. The Balaban J connectivity index is 3.15. The molecular formula is C7H11ClO3. The van der Waals surface area contributed by atoms with Crippen molar-refractivity contribution in [2.75, 3.05) is 25.7 Å². The molecule has 0 unspecified atom stereocenters. The first-order valence-electron chi connectivity index (χ1n) is 3.21. The summed E-state index contributed by atoms with van der Waals surface area (Å²) in [6.07, 6.45) is 1.50. The van der Waals surface area contributed by atoms with Crippen molar-refractivity contribution in [1.29, 1.82) is 0 Å². The van der Waals surface area contributed by atoms with Crippen molar-refractivity contribution in [2.45, 2.75) is 0 Å². The monoisotopic (exact) mass is 178 g/mol. The highest BCUT2D eigenvalue weighted by Crippen LogP contribution is 1.83. The molecule has 0 radical (unpaired) electrons. The van der Waals surface area contributed by atoms with Gasteiger partial charge in [-0.25, -0.2) is 4.79 Å². The lowest BCUT2D eigenvalue weighted by atomic mass is 10.6. The predicted molar refractivity (Wildman–Crippen MR) is 42.7 cm³/mol. The molecule has 0 saturated carbocycles. The van der Waals surface area contributed by atoms with Crippen LogP contribution in [0.15, 0.2) is 12.7 Å². The highest BCUT2D eigenvalue weighted by Gasteiger charge is 1.99. The van der Waals surface area contributed by atoms with Crippen LogP contribution >= 0.6 is 11.6 Å². The summed E-state index contributed by atoms with van der Waals surface area (Å²) in [4.78, 5) is 10.6. The van der Waals surface area contributed by atoms with Gasteiger partial charge >= 0.3 is 5.97 Å². The Labute approximate surface area is 70.9 Å². The SMILES string of the molecule is C=CCOC(=O)COCCCl. The van der Waals surface area contributed by atoms with E-state index in [2.05, 4.69) is 11.3 Å². The summed E-state index contributed by atoms with van der Waals surface area (Å²) in [5.41, 5.74) is 0. The number of ether oxygens (including phenoxy) is 2. The van der Waals surface area contributed by atoms with Crippen LogP contribution in [-0.4, -0.2) is 31.7 Å². The van der Waals surface area contributed by atoms with Gasteiger partial charge in [0, 0.05) is 5.88 Å². The molecule has 0 rings (SSSR count). The lowest BCUT2D eigenvalue weighted by molar-refractivity contribution is -0.147. The molecule has 0 N–H and O–H groups in total. The van der Waals surface area contributed by atoms with E-state index in [-0.39, 0.29) is 13.2 Å². The van der Waals surface area contributed by atoms with Crippen LogP contribution in [-0.2, 0) is 14.3 Å². The van der Waals surface area contributed by atoms with Crippen LogP contribution in [0.4, 0.5) is 0 Å². The fourth-order valence-electron chi connectivity index (χ4n) is 0.404. The summed E-state index contributed by atoms with van der Waals surface area (Å²) in [6, 6.07) is 0. The number of halogens is 1. The molecule has 0 bridgehead atoms. The molecule has 0 aromatic rings. The first kappa shape index (κ1) is 10.5. The van der Waals surface area contributed by atoms with Crippen LogP contribution in [0.2, 0.25) is 0 Å². The van der Waals surface area contributed by atoms with Crippen LogP contribution in [0.1, 0.15) is 0 Å². The van der Waals surface area contributed by atoms with Crippen molar-refractivity contribution in [3.63, 3.8) is 0 Å².